The number of aliphatic imine (C=N–C) groups is 1. The summed E-state index contributed by atoms with van der Waals surface area (Å²) in [7, 11) is 3.67. The van der Waals surface area contributed by atoms with Gasteiger partial charge in [0.2, 0.25) is 0 Å². The van der Waals surface area contributed by atoms with Crippen LogP contribution in [-0.4, -0.2) is 41.0 Å². The van der Waals surface area contributed by atoms with E-state index in [1.54, 1.807) is 7.11 Å². The molecule has 4 rings (SSSR count). The molecule has 0 saturated heterocycles. The third-order valence-electron chi connectivity index (χ3n) is 5.95. The number of nitrogens with zero attached hydrogens (tertiary/aromatic N) is 4. The molecule has 3 aromatic rings. The van der Waals surface area contributed by atoms with E-state index in [1.807, 2.05) is 42.8 Å². The minimum Gasteiger partial charge on any atom is -0.496 e. The van der Waals surface area contributed by atoms with Crippen molar-refractivity contribution in [2.75, 3.05) is 20.3 Å². The average molecular weight is 449 g/mol. The number of aryl methyl sites for hydroxylation is 2. The predicted octanol–water partition coefficient (Wildman–Crippen LogP) is 3.24. The molecule has 2 aromatic carbocycles. The lowest BCUT2D eigenvalue weighted by atomic mass is 10.0. The van der Waals surface area contributed by atoms with Crippen LogP contribution in [0.3, 0.4) is 0 Å². The van der Waals surface area contributed by atoms with Crippen molar-refractivity contribution in [2.45, 2.75) is 39.3 Å². The van der Waals surface area contributed by atoms with Gasteiger partial charge in [0, 0.05) is 25.6 Å². The number of fused-ring (bicyclic) bond motifs is 1. The van der Waals surface area contributed by atoms with E-state index < -0.39 is 0 Å². The highest BCUT2D eigenvalue weighted by Gasteiger charge is 2.22. The third kappa shape index (κ3) is 5.45. The first kappa shape index (κ1) is 22.6. The molecular formula is C25H32N6O2. The number of hydrogen-bond donors (Lipinski definition) is 2. The van der Waals surface area contributed by atoms with E-state index in [-0.39, 0.29) is 6.04 Å². The van der Waals surface area contributed by atoms with E-state index in [4.69, 9.17) is 14.5 Å². The molecule has 0 bridgehead atoms. The zero-order chi connectivity index (χ0) is 23.2. The van der Waals surface area contributed by atoms with E-state index in [9.17, 15) is 0 Å². The summed E-state index contributed by atoms with van der Waals surface area (Å²) in [6.45, 7) is 5.85. The number of ether oxygens (including phenoxy) is 2. The van der Waals surface area contributed by atoms with Crippen LogP contribution in [-0.2, 0) is 20.0 Å². The van der Waals surface area contributed by atoms with Gasteiger partial charge < -0.3 is 24.7 Å². The Morgan fingerprint density at radius 2 is 2.06 bits per heavy atom. The smallest absolute Gasteiger partial charge is 0.192 e. The molecule has 8 heteroatoms. The van der Waals surface area contributed by atoms with Gasteiger partial charge in [-0.15, -0.1) is 10.2 Å². The van der Waals surface area contributed by atoms with Crippen LogP contribution in [0.15, 0.2) is 47.5 Å². The number of benzene rings is 2. The first-order valence-corrected chi connectivity index (χ1v) is 11.3. The SMILES string of the molecule is COc1ccc(C)cc1CCNC(=NCc1nnc(C)n1C)NC1CCOc2ccccc21. The van der Waals surface area contributed by atoms with Crippen molar-refractivity contribution in [2.24, 2.45) is 12.0 Å². The lowest BCUT2D eigenvalue weighted by Crippen LogP contribution is -2.42. The summed E-state index contributed by atoms with van der Waals surface area (Å²) in [5.74, 6) is 4.26. The lowest BCUT2D eigenvalue weighted by molar-refractivity contribution is 0.261. The van der Waals surface area contributed by atoms with Gasteiger partial charge in [-0.05, 0) is 38.0 Å². The molecule has 0 fully saturated rings. The van der Waals surface area contributed by atoms with Crippen LogP contribution in [0.5, 0.6) is 11.5 Å². The molecule has 174 valence electrons. The largest absolute Gasteiger partial charge is 0.496 e. The molecule has 1 atom stereocenters. The fourth-order valence-corrected chi connectivity index (χ4v) is 3.97. The highest BCUT2D eigenvalue weighted by molar-refractivity contribution is 5.80. The van der Waals surface area contributed by atoms with Gasteiger partial charge in [0.25, 0.3) is 0 Å². The van der Waals surface area contributed by atoms with Crippen molar-refractivity contribution in [3.8, 4) is 11.5 Å². The number of nitrogens with one attached hydrogen (secondary N) is 2. The van der Waals surface area contributed by atoms with Gasteiger partial charge in [0.1, 0.15) is 23.9 Å². The van der Waals surface area contributed by atoms with E-state index >= 15 is 0 Å². The van der Waals surface area contributed by atoms with Crippen molar-refractivity contribution in [3.63, 3.8) is 0 Å². The number of methoxy groups -OCH3 is 1. The normalized spacial score (nSPS) is 15.5. The standard InChI is InChI=1S/C25H32N6O2/c1-17-9-10-22(32-4)19(15-17)11-13-26-25(27-16-24-30-29-18(2)31(24)3)28-21-12-14-33-23-8-6-5-7-20(21)23/h5-10,15,21H,11-14,16H2,1-4H3,(H2,26,27,28). The second-order valence-electron chi connectivity index (χ2n) is 8.25. The van der Waals surface area contributed by atoms with Crippen molar-refractivity contribution in [3.05, 3.63) is 70.8 Å². The highest BCUT2D eigenvalue weighted by Crippen LogP contribution is 2.31. The van der Waals surface area contributed by atoms with Crippen LogP contribution in [0.4, 0.5) is 0 Å². The Kier molecular flexibility index (Phi) is 7.12. The summed E-state index contributed by atoms with van der Waals surface area (Å²) in [6.07, 6.45) is 1.69. The van der Waals surface area contributed by atoms with Gasteiger partial charge in [-0.25, -0.2) is 4.99 Å². The van der Waals surface area contributed by atoms with E-state index in [2.05, 4.69) is 46.0 Å². The molecule has 1 aliphatic rings. The van der Waals surface area contributed by atoms with Crippen molar-refractivity contribution in [1.29, 1.82) is 0 Å². The van der Waals surface area contributed by atoms with Gasteiger partial charge in [0.15, 0.2) is 11.8 Å². The number of aromatic nitrogens is 3. The van der Waals surface area contributed by atoms with Crippen molar-refractivity contribution >= 4 is 5.96 Å². The molecule has 0 spiro atoms. The van der Waals surface area contributed by atoms with E-state index in [0.717, 1.165) is 47.5 Å². The fraction of sp³-hybridized carbons (Fsp3) is 0.400. The van der Waals surface area contributed by atoms with Gasteiger partial charge in [-0.1, -0.05) is 35.9 Å². The zero-order valence-corrected chi connectivity index (χ0v) is 19.8. The van der Waals surface area contributed by atoms with Crippen LogP contribution in [0.25, 0.3) is 0 Å². The van der Waals surface area contributed by atoms with Crippen molar-refractivity contribution < 1.29 is 9.47 Å². The van der Waals surface area contributed by atoms with Crippen LogP contribution in [0.2, 0.25) is 0 Å². The van der Waals surface area contributed by atoms with Crippen LogP contribution in [0, 0.1) is 13.8 Å². The zero-order valence-electron chi connectivity index (χ0n) is 19.8. The molecule has 1 aliphatic heterocycles. The molecule has 0 saturated carbocycles. The minimum absolute atomic E-state index is 0.121. The lowest BCUT2D eigenvalue weighted by Gasteiger charge is -2.28. The molecule has 0 radical (unpaired) electrons. The molecule has 1 aromatic heterocycles. The molecule has 2 N–H and O–H groups in total. The van der Waals surface area contributed by atoms with E-state index in [1.165, 1.54) is 11.1 Å². The number of para-hydroxylation sites is 1. The summed E-state index contributed by atoms with van der Waals surface area (Å²) in [4.78, 5) is 4.83. The highest BCUT2D eigenvalue weighted by atomic mass is 16.5. The second-order valence-corrected chi connectivity index (χ2v) is 8.25. The van der Waals surface area contributed by atoms with Gasteiger partial charge in [0.05, 0.1) is 19.8 Å². The Morgan fingerprint density at radius 3 is 2.85 bits per heavy atom. The van der Waals surface area contributed by atoms with Gasteiger partial charge in [-0.3, -0.25) is 0 Å². The Morgan fingerprint density at radius 1 is 1.21 bits per heavy atom. The third-order valence-corrected chi connectivity index (χ3v) is 5.95. The number of guanidine groups is 1. The summed E-state index contributed by atoms with van der Waals surface area (Å²) in [5, 5.41) is 15.5. The maximum atomic E-state index is 5.82. The average Bonchev–Trinajstić information content (AvgIpc) is 3.15. The topological polar surface area (TPSA) is 85.6 Å². The Balaban J connectivity index is 1.50. The molecule has 0 amide bonds. The first-order chi connectivity index (χ1) is 16.0. The molecule has 2 heterocycles. The quantitative estimate of drug-likeness (QED) is 0.426. The maximum Gasteiger partial charge on any atom is 0.192 e. The summed E-state index contributed by atoms with van der Waals surface area (Å²) in [6, 6.07) is 14.5. The Hall–Kier alpha value is -3.55. The number of hydrogen-bond acceptors (Lipinski definition) is 5. The van der Waals surface area contributed by atoms with Crippen LogP contribution in [0.1, 0.15) is 40.8 Å². The monoisotopic (exact) mass is 448 g/mol. The van der Waals surface area contributed by atoms with Gasteiger partial charge in [-0.2, -0.15) is 0 Å². The summed E-state index contributed by atoms with van der Waals surface area (Å²) >= 11 is 0. The molecule has 33 heavy (non-hydrogen) atoms. The fourth-order valence-electron chi connectivity index (χ4n) is 3.97. The second kappa shape index (κ2) is 10.4. The summed E-state index contributed by atoms with van der Waals surface area (Å²) in [5.41, 5.74) is 3.53. The van der Waals surface area contributed by atoms with Crippen molar-refractivity contribution in [1.82, 2.24) is 25.4 Å². The first-order valence-electron chi connectivity index (χ1n) is 11.3. The molecular weight excluding hydrogens is 416 g/mol. The van der Waals surface area contributed by atoms with E-state index in [0.29, 0.717) is 19.7 Å². The molecule has 8 nitrogen and oxygen atoms in total. The Labute approximate surface area is 195 Å². The minimum atomic E-state index is 0.121. The Bertz CT molecular complexity index is 1120. The summed E-state index contributed by atoms with van der Waals surface area (Å²) < 4.78 is 13.3. The predicted molar refractivity (Wildman–Crippen MR) is 129 cm³/mol. The van der Waals surface area contributed by atoms with Crippen LogP contribution >= 0.6 is 0 Å². The number of rotatable bonds is 7. The molecule has 0 aliphatic carbocycles. The molecule has 1 unspecified atom stereocenters. The van der Waals surface area contributed by atoms with Gasteiger partial charge >= 0.3 is 0 Å². The van der Waals surface area contributed by atoms with Crippen LogP contribution < -0.4 is 20.1 Å². The maximum absolute atomic E-state index is 5.82.